The van der Waals surface area contributed by atoms with Gasteiger partial charge in [-0.3, -0.25) is 0 Å². The standard InChI is InChI=1S/C15H18O5S.Na/c1-10(9-17)11-3-2-4-13-12(5-6-16)8-15(14(13)7-11)21(18,19)20;/h2-4,7-8,10,16-17H,5-6,9H2,1H3,(H,18,19,20);/q;+1/p-1. The smallest absolute Gasteiger partial charge is 0.744 e. The summed E-state index contributed by atoms with van der Waals surface area (Å²) in [6.45, 7) is 1.61. The summed E-state index contributed by atoms with van der Waals surface area (Å²) in [7, 11) is -4.60. The third kappa shape index (κ3) is 4.08. The molecule has 2 aliphatic rings. The average Bonchev–Trinajstić information content (AvgIpc) is 2.63. The molecule has 0 radical (unpaired) electrons. The van der Waals surface area contributed by atoms with Crippen molar-refractivity contribution in [2.75, 3.05) is 13.2 Å². The van der Waals surface area contributed by atoms with E-state index in [0.717, 1.165) is 5.56 Å². The van der Waals surface area contributed by atoms with Crippen molar-refractivity contribution in [2.45, 2.75) is 24.2 Å². The van der Waals surface area contributed by atoms with Crippen molar-refractivity contribution in [3.63, 3.8) is 0 Å². The van der Waals surface area contributed by atoms with Crippen LogP contribution < -0.4 is 29.6 Å². The zero-order chi connectivity index (χ0) is 15.6. The maximum absolute atomic E-state index is 11.4. The molecule has 0 aromatic rings. The topological polar surface area (TPSA) is 97.7 Å². The quantitative estimate of drug-likeness (QED) is 0.504. The molecule has 2 rings (SSSR count). The van der Waals surface area contributed by atoms with Gasteiger partial charge in [0.15, 0.2) is 0 Å². The van der Waals surface area contributed by atoms with Crippen LogP contribution in [-0.2, 0) is 16.5 Å². The molecule has 0 heterocycles. The maximum Gasteiger partial charge on any atom is 1.00 e. The summed E-state index contributed by atoms with van der Waals surface area (Å²) in [6, 6.07) is 8.22. The van der Waals surface area contributed by atoms with Crippen molar-refractivity contribution in [1.29, 1.82) is 0 Å². The van der Waals surface area contributed by atoms with Gasteiger partial charge in [0.25, 0.3) is 0 Å². The Bertz CT molecular complexity index is 714. The summed E-state index contributed by atoms with van der Waals surface area (Å²) in [5.74, 6) is -0.168. The second kappa shape index (κ2) is 7.88. The molecule has 0 aliphatic heterocycles. The minimum Gasteiger partial charge on any atom is -0.744 e. The largest absolute Gasteiger partial charge is 1.00 e. The van der Waals surface area contributed by atoms with Gasteiger partial charge in [-0.2, -0.15) is 0 Å². The molecule has 114 valence electrons. The number of aliphatic hydroxyl groups is 2. The van der Waals surface area contributed by atoms with Gasteiger partial charge < -0.3 is 14.8 Å². The van der Waals surface area contributed by atoms with Crippen molar-refractivity contribution >= 4 is 10.1 Å². The monoisotopic (exact) mass is 332 g/mol. The molecule has 5 nitrogen and oxygen atoms in total. The fourth-order valence-corrected chi connectivity index (χ4v) is 3.11. The summed E-state index contributed by atoms with van der Waals surface area (Å²) >= 11 is 0. The van der Waals surface area contributed by atoms with Gasteiger partial charge in [-0.15, -0.1) is 0 Å². The Morgan fingerprint density at radius 1 is 1.18 bits per heavy atom. The Balaban J connectivity index is 0.00000242. The Labute approximate surface area is 152 Å². The molecule has 0 saturated heterocycles. The second-order valence-electron chi connectivity index (χ2n) is 5.04. The summed E-state index contributed by atoms with van der Waals surface area (Å²) < 4.78 is 34.3. The first-order valence-corrected chi connectivity index (χ1v) is 8.02. The number of aliphatic hydroxyl groups excluding tert-OH is 2. The molecule has 2 aliphatic carbocycles. The first-order chi connectivity index (χ1) is 9.88. The van der Waals surface area contributed by atoms with E-state index in [-0.39, 0.29) is 60.0 Å². The second-order valence-corrected chi connectivity index (χ2v) is 6.39. The predicted molar refractivity (Wildman–Crippen MR) is 77.3 cm³/mol. The zero-order valence-electron chi connectivity index (χ0n) is 12.6. The molecule has 0 amide bonds. The van der Waals surface area contributed by atoms with E-state index in [1.54, 1.807) is 24.3 Å². The molecular formula is C15H17NaO5S. The van der Waals surface area contributed by atoms with Gasteiger partial charge in [-0.1, -0.05) is 25.1 Å². The third-order valence-corrected chi connectivity index (χ3v) is 4.44. The van der Waals surface area contributed by atoms with Crippen molar-refractivity contribution in [3.05, 3.63) is 41.5 Å². The van der Waals surface area contributed by atoms with Gasteiger partial charge in [0.05, 0.1) is 4.90 Å². The van der Waals surface area contributed by atoms with E-state index in [1.165, 1.54) is 6.07 Å². The first kappa shape index (κ1) is 19.6. The Hall–Kier alpha value is -0.470. The van der Waals surface area contributed by atoms with Crippen LogP contribution in [0.25, 0.3) is 11.1 Å². The third-order valence-electron chi connectivity index (χ3n) is 3.56. The molecule has 22 heavy (non-hydrogen) atoms. The van der Waals surface area contributed by atoms with E-state index in [1.807, 2.05) is 6.92 Å². The van der Waals surface area contributed by atoms with E-state index >= 15 is 0 Å². The molecule has 0 aromatic carbocycles. The molecule has 0 bridgehead atoms. The number of fused-ring (bicyclic) bond motifs is 1. The fraction of sp³-hybridized carbons (Fsp3) is 0.333. The van der Waals surface area contributed by atoms with Gasteiger partial charge in [0, 0.05) is 19.1 Å². The molecule has 1 atom stereocenters. The minimum atomic E-state index is -4.60. The maximum atomic E-state index is 11.4. The van der Waals surface area contributed by atoms with Crippen molar-refractivity contribution in [2.24, 2.45) is 0 Å². The van der Waals surface area contributed by atoms with Gasteiger partial charge in [0.2, 0.25) is 0 Å². The molecule has 0 aromatic heterocycles. The molecule has 0 fully saturated rings. The van der Waals surface area contributed by atoms with Crippen LogP contribution in [-0.4, -0.2) is 36.4 Å². The van der Waals surface area contributed by atoms with Crippen LogP contribution in [0.3, 0.4) is 0 Å². The summed E-state index contributed by atoms with van der Waals surface area (Å²) in [5.41, 5.74) is 2.35. The van der Waals surface area contributed by atoms with E-state index in [4.69, 9.17) is 5.11 Å². The van der Waals surface area contributed by atoms with Crippen LogP contribution in [0.2, 0.25) is 0 Å². The zero-order valence-corrected chi connectivity index (χ0v) is 15.4. The predicted octanol–water partition coefficient (Wildman–Crippen LogP) is -1.67. The average molecular weight is 332 g/mol. The Morgan fingerprint density at radius 3 is 2.41 bits per heavy atom. The van der Waals surface area contributed by atoms with Crippen molar-refractivity contribution < 1.29 is 52.7 Å². The van der Waals surface area contributed by atoms with E-state index in [9.17, 15) is 18.1 Å². The van der Waals surface area contributed by atoms with Gasteiger partial charge >= 0.3 is 29.6 Å². The molecule has 1 unspecified atom stereocenters. The first-order valence-electron chi connectivity index (χ1n) is 6.61. The minimum absolute atomic E-state index is 0. The van der Waals surface area contributed by atoms with Crippen LogP contribution in [0, 0.1) is 0 Å². The van der Waals surface area contributed by atoms with Crippen LogP contribution >= 0.6 is 0 Å². The van der Waals surface area contributed by atoms with Crippen LogP contribution in [0.4, 0.5) is 0 Å². The van der Waals surface area contributed by atoms with Crippen molar-refractivity contribution in [3.8, 4) is 11.1 Å². The Morgan fingerprint density at radius 2 is 1.86 bits per heavy atom. The summed E-state index contributed by atoms with van der Waals surface area (Å²) in [5, 5.41) is 18.3. The molecular weight excluding hydrogens is 315 g/mol. The van der Waals surface area contributed by atoms with E-state index < -0.39 is 10.1 Å². The molecule has 0 spiro atoms. The summed E-state index contributed by atoms with van der Waals surface area (Å²) in [4.78, 5) is -0.275. The van der Waals surface area contributed by atoms with Crippen LogP contribution in [0.5, 0.6) is 0 Å². The van der Waals surface area contributed by atoms with E-state index in [0.29, 0.717) is 16.7 Å². The van der Waals surface area contributed by atoms with Crippen LogP contribution in [0.1, 0.15) is 24.0 Å². The number of hydrogen-bond donors (Lipinski definition) is 2. The van der Waals surface area contributed by atoms with Gasteiger partial charge in [-0.25, -0.2) is 8.42 Å². The van der Waals surface area contributed by atoms with Crippen LogP contribution in [0.15, 0.2) is 35.2 Å². The molecule has 7 heteroatoms. The van der Waals surface area contributed by atoms with Crippen molar-refractivity contribution in [1.82, 2.24) is 0 Å². The number of hydrogen-bond acceptors (Lipinski definition) is 5. The molecule has 0 saturated carbocycles. The normalized spacial score (nSPS) is 12.9. The Kier molecular flexibility index (Phi) is 7.01. The van der Waals surface area contributed by atoms with Gasteiger partial charge in [0.1, 0.15) is 10.1 Å². The fourth-order valence-electron chi connectivity index (χ4n) is 2.38. The number of rotatable bonds is 5. The SMILES string of the molecule is CC(CO)c1cccc2c(CCO)cc(S(=O)(=O)[O-])c-2c1.[Na+]. The summed E-state index contributed by atoms with van der Waals surface area (Å²) in [6.07, 6.45) is 0.279. The molecule has 2 N–H and O–H groups in total. The van der Waals surface area contributed by atoms with Gasteiger partial charge in [-0.05, 0) is 40.8 Å². The van der Waals surface area contributed by atoms with E-state index in [2.05, 4.69) is 0 Å².